The highest BCUT2D eigenvalue weighted by molar-refractivity contribution is 5.83. The summed E-state index contributed by atoms with van der Waals surface area (Å²) in [5.74, 6) is -0.938. The van der Waals surface area contributed by atoms with E-state index in [1.54, 1.807) is 9.80 Å². The van der Waals surface area contributed by atoms with Crippen LogP contribution >= 0.6 is 0 Å². The molecule has 7 heteroatoms. The molecule has 0 aromatic heterocycles. The first kappa shape index (κ1) is 12.7. The van der Waals surface area contributed by atoms with Crippen molar-refractivity contribution >= 4 is 18.4 Å². The van der Waals surface area contributed by atoms with Gasteiger partial charge in [-0.25, -0.2) is 9.59 Å². The molecule has 1 N–H and O–H groups in total. The van der Waals surface area contributed by atoms with Gasteiger partial charge < -0.3 is 19.8 Å². The van der Waals surface area contributed by atoms with Gasteiger partial charge in [0.15, 0.2) is 0 Å². The second-order valence-corrected chi connectivity index (χ2v) is 4.60. The minimum atomic E-state index is -0.938. The summed E-state index contributed by atoms with van der Waals surface area (Å²) in [5, 5.41) is 9.04. The SMILES string of the molecule is O=CN1CCN(C(=O)N2CCC[C@H]2C(=O)O)CC1. The minimum Gasteiger partial charge on any atom is -0.480 e. The molecule has 0 aliphatic carbocycles. The summed E-state index contributed by atoms with van der Waals surface area (Å²) in [4.78, 5) is 38.5. The first-order chi connectivity index (χ1) is 8.63. The van der Waals surface area contributed by atoms with Gasteiger partial charge in [0, 0.05) is 32.7 Å². The van der Waals surface area contributed by atoms with Gasteiger partial charge in [0.05, 0.1) is 0 Å². The van der Waals surface area contributed by atoms with Crippen LogP contribution in [0.2, 0.25) is 0 Å². The largest absolute Gasteiger partial charge is 0.480 e. The van der Waals surface area contributed by atoms with Gasteiger partial charge in [0.1, 0.15) is 6.04 Å². The van der Waals surface area contributed by atoms with Crippen LogP contribution in [-0.4, -0.2) is 77.0 Å². The molecular formula is C11H17N3O4. The summed E-state index contributed by atoms with van der Waals surface area (Å²) in [5.41, 5.74) is 0. The normalized spacial score (nSPS) is 24.2. The Bertz CT molecular complexity index is 352. The third-order valence-corrected chi connectivity index (χ3v) is 3.52. The van der Waals surface area contributed by atoms with Crippen molar-refractivity contribution in [3.63, 3.8) is 0 Å². The number of carboxylic acid groups (broad SMARTS) is 1. The van der Waals surface area contributed by atoms with E-state index in [1.165, 1.54) is 4.90 Å². The van der Waals surface area contributed by atoms with E-state index in [0.717, 1.165) is 12.8 Å². The Morgan fingerprint density at radius 1 is 1.11 bits per heavy atom. The Labute approximate surface area is 105 Å². The Morgan fingerprint density at radius 2 is 1.78 bits per heavy atom. The van der Waals surface area contributed by atoms with E-state index in [-0.39, 0.29) is 6.03 Å². The van der Waals surface area contributed by atoms with Crippen LogP contribution in [0, 0.1) is 0 Å². The summed E-state index contributed by atoms with van der Waals surface area (Å²) in [6.07, 6.45) is 2.03. The molecule has 7 nitrogen and oxygen atoms in total. The monoisotopic (exact) mass is 255 g/mol. The number of hydrogen-bond donors (Lipinski definition) is 1. The highest BCUT2D eigenvalue weighted by Crippen LogP contribution is 2.19. The van der Waals surface area contributed by atoms with E-state index in [0.29, 0.717) is 39.1 Å². The van der Waals surface area contributed by atoms with Crippen LogP contribution in [0.3, 0.4) is 0 Å². The maximum Gasteiger partial charge on any atom is 0.326 e. The number of carboxylic acids is 1. The molecule has 0 saturated carbocycles. The van der Waals surface area contributed by atoms with Crippen molar-refractivity contribution in [1.82, 2.24) is 14.7 Å². The van der Waals surface area contributed by atoms with E-state index in [2.05, 4.69) is 0 Å². The third-order valence-electron chi connectivity index (χ3n) is 3.52. The Balaban J connectivity index is 1.95. The van der Waals surface area contributed by atoms with Crippen LogP contribution in [0.15, 0.2) is 0 Å². The van der Waals surface area contributed by atoms with Crippen molar-refractivity contribution < 1.29 is 19.5 Å². The Kier molecular flexibility index (Phi) is 3.69. The lowest BCUT2D eigenvalue weighted by Crippen LogP contribution is -2.54. The molecule has 2 heterocycles. The predicted octanol–water partition coefficient (Wildman–Crippen LogP) is -0.571. The number of nitrogens with zero attached hydrogens (tertiary/aromatic N) is 3. The van der Waals surface area contributed by atoms with Crippen LogP contribution < -0.4 is 0 Å². The molecule has 3 amide bonds. The fourth-order valence-electron chi connectivity index (χ4n) is 2.45. The van der Waals surface area contributed by atoms with E-state index < -0.39 is 12.0 Å². The van der Waals surface area contributed by atoms with Crippen molar-refractivity contribution in [3.8, 4) is 0 Å². The van der Waals surface area contributed by atoms with Crippen LogP contribution in [0.5, 0.6) is 0 Å². The van der Waals surface area contributed by atoms with Crippen molar-refractivity contribution in [2.24, 2.45) is 0 Å². The fourth-order valence-corrected chi connectivity index (χ4v) is 2.45. The standard InChI is InChI=1S/C11H17N3O4/c15-8-12-4-6-13(7-5-12)11(18)14-3-1-2-9(14)10(16)17/h8-9H,1-7H2,(H,16,17)/t9-/m0/s1. The fraction of sp³-hybridized carbons (Fsp3) is 0.727. The molecular weight excluding hydrogens is 238 g/mol. The van der Waals surface area contributed by atoms with E-state index in [1.807, 2.05) is 0 Å². The molecule has 0 spiro atoms. The van der Waals surface area contributed by atoms with Crippen molar-refractivity contribution in [2.45, 2.75) is 18.9 Å². The maximum atomic E-state index is 12.2. The molecule has 2 fully saturated rings. The molecule has 2 aliphatic rings. The lowest BCUT2D eigenvalue weighted by molar-refractivity contribution is -0.141. The number of likely N-dealkylation sites (tertiary alicyclic amines) is 1. The first-order valence-electron chi connectivity index (χ1n) is 6.11. The molecule has 0 radical (unpaired) electrons. The summed E-state index contributed by atoms with van der Waals surface area (Å²) >= 11 is 0. The zero-order valence-corrected chi connectivity index (χ0v) is 10.1. The van der Waals surface area contributed by atoms with Crippen LogP contribution in [0.25, 0.3) is 0 Å². The van der Waals surface area contributed by atoms with E-state index in [9.17, 15) is 14.4 Å². The zero-order chi connectivity index (χ0) is 13.1. The molecule has 100 valence electrons. The topological polar surface area (TPSA) is 81.2 Å². The molecule has 18 heavy (non-hydrogen) atoms. The molecule has 2 saturated heterocycles. The molecule has 0 aromatic rings. The number of hydrogen-bond acceptors (Lipinski definition) is 3. The summed E-state index contributed by atoms with van der Waals surface area (Å²) in [7, 11) is 0. The number of urea groups is 1. The van der Waals surface area contributed by atoms with E-state index in [4.69, 9.17) is 5.11 Å². The highest BCUT2D eigenvalue weighted by atomic mass is 16.4. The van der Waals surface area contributed by atoms with Gasteiger partial charge in [-0.1, -0.05) is 0 Å². The number of piperazine rings is 1. The van der Waals surface area contributed by atoms with Gasteiger partial charge in [-0.15, -0.1) is 0 Å². The average Bonchev–Trinajstić information content (AvgIpc) is 2.87. The lowest BCUT2D eigenvalue weighted by atomic mass is 10.2. The number of aliphatic carboxylic acids is 1. The van der Waals surface area contributed by atoms with Crippen LogP contribution in [0.1, 0.15) is 12.8 Å². The molecule has 0 aromatic carbocycles. The van der Waals surface area contributed by atoms with Crippen molar-refractivity contribution in [2.75, 3.05) is 32.7 Å². The number of carbonyl (C=O) groups excluding carboxylic acids is 2. The zero-order valence-electron chi connectivity index (χ0n) is 10.1. The maximum absolute atomic E-state index is 12.2. The summed E-state index contributed by atoms with van der Waals surface area (Å²) in [6, 6.07) is -0.910. The molecule has 1 atom stereocenters. The Hall–Kier alpha value is -1.79. The number of carbonyl (C=O) groups is 3. The number of rotatable bonds is 2. The van der Waals surface area contributed by atoms with Gasteiger partial charge in [-0.3, -0.25) is 4.79 Å². The first-order valence-corrected chi connectivity index (χ1v) is 6.11. The molecule has 2 aliphatic heterocycles. The third kappa shape index (κ3) is 2.39. The van der Waals surface area contributed by atoms with Gasteiger partial charge >= 0.3 is 12.0 Å². The van der Waals surface area contributed by atoms with Gasteiger partial charge in [0.25, 0.3) is 0 Å². The molecule has 0 unspecified atom stereocenters. The Morgan fingerprint density at radius 3 is 2.33 bits per heavy atom. The second kappa shape index (κ2) is 5.24. The summed E-state index contributed by atoms with van der Waals surface area (Å²) in [6.45, 7) is 2.48. The molecule has 2 rings (SSSR count). The lowest BCUT2D eigenvalue weighted by Gasteiger charge is -2.36. The average molecular weight is 255 g/mol. The van der Waals surface area contributed by atoms with Gasteiger partial charge in [-0.05, 0) is 12.8 Å². The van der Waals surface area contributed by atoms with Crippen molar-refractivity contribution in [1.29, 1.82) is 0 Å². The van der Waals surface area contributed by atoms with Crippen LogP contribution in [0.4, 0.5) is 4.79 Å². The van der Waals surface area contributed by atoms with Gasteiger partial charge in [0.2, 0.25) is 6.41 Å². The minimum absolute atomic E-state index is 0.217. The molecule has 0 bridgehead atoms. The smallest absolute Gasteiger partial charge is 0.326 e. The highest BCUT2D eigenvalue weighted by Gasteiger charge is 2.36. The van der Waals surface area contributed by atoms with Gasteiger partial charge in [-0.2, -0.15) is 0 Å². The summed E-state index contributed by atoms with van der Waals surface area (Å²) < 4.78 is 0. The number of amides is 3. The predicted molar refractivity (Wildman–Crippen MR) is 62.0 cm³/mol. The van der Waals surface area contributed by atoms with Crippen LogP contribution in [-0.2, 0) is 9.59 Å². The van der Waals surface area contributed by atoms with E-state index >= 15 is 0 Å². The van der Waals surface area contributed by atoms with Crippen molar-refractivity contribution in [3.05, 3.63) is 0 Å². The second-order valence-electron chi connectivity index (χ2n) is 4.60. The quantitative estimate of drug-likeness (QED) is 0.670.